The predicted octanol–water partition coefficient (Wildman–Crippen LogP) is 8.04. The first-order chi connectivity index (χ1) is 17.8. The topological polar surface area (TPSA) is 17.1 Å². The maximum absolute atomic E-state index is 15.2. The average Bonchev–Trinajstić information content (AvgIpc) is 3.24. The molecule has 0 heterocycles. The molecule has 6 aromatic rings. The maximum atomic E-state index is 15.2. The third-order valence-electron chi connectivity index (χ3n) is 7.82. The molecule has 0 N–H and O–H groups in total. The van der Waals surface area contributed by atoms with Crippen LogP contribution >= 0.6 is 0 Å². The Morgan fingerprint density at radius 3 is 1.42 bits per heavy atom. The lowest BCUT2D eigenvalue weighted by Gasteiger charge is -2.32. The Kier molecular flexibility index (Phi) is 4.65. The van der Waals surface area contributed by atoms with Gasteiger partial charge in [0.2, 0.25) is 0 Å². The zero-order valence-electron chi connectivity index (χ0n) is 19.8. The summed E-state index contributed by atoms with van der Waals surface area (Å²) in [5, 5.41) is 4.68. The van der Waals surface area contributed by atoms with E-state index in [1.165, 1.54) is 10.8 Å². The first-order valence-corrected chi connectivity index (χ1v) is 12.5. The fourth-order valence-corrected chi connectivity index (χ4v) is 6.42. The Balaban J connectivity index is 1.76. The van der Waals surface area contributed by atoms with Crippen molar-refractivity contribution in [1.29, 1.82) is 0 Å². The van der Waals surface area contributed by atoms with Gasteiger partial charge in [0, 0.05) is 0 Å². The normalized spacial score (nSPS) is 16.3. The van der Waals surface area contributed by atoms with Crippen molar-refractivity contribution >= 4 is 27.3 Å². The summed E-state index contributed by atoms with van der Waals surface area (Å²) >= 11 is 0. The Morgan fingerprint density at radius 1 is 0.444 bits per heavy atom. The number of carbonyl (C=O) groups is 1. The molecule has 0 saturated heterocycles. The van der Waals surface area contributed by atoms with Crippen LogP contribution in [0.2, 0.25) is 0 Å². The fraction of sp³-hybridized carbons (Fsp3) is 0.0571. The second-order valence-electron chi connectivity index (χ2n) is 9.57. The van der Waals surface area contributed by atoms with Crippen LogP contribution < -0.4 is 0 Å². The Labute approximate surface area is 210 Å². The largest absolute Gasteiger partial charge is 0.297 e. The molecule has 0 radical (unpaired) electrons. The van der Waals surface area contributed by atoms with Crippen molar-refractivity contribution in [2.45, 2.75) is 11.3 Å². The number of fused-ring (bicyclic) bond motifs is 6. The van der Waals surface area contributed by atoms with Crippen molar-refractivity contribution in [2.75, 3.05) is 0 Å². The van der Waals surface area contributed by atoms with Crippen LogP contribution in [-0.4, -0.2) is 5.78 Å². The molecule has 0 aliphatic heterocycles. The van der Waals surface area contributed by atoms with Gasteiger partial charge in [-0.05, 0) is 49.4 Å². The van der Waals surface area contributed by atoms with Crippen LogP contribution in [0.3, 0.4) is 0 Å². The smallest absolute Gasteiger partial charge is 0.164 e. The summed E-state index contributed by atoms with van der Waals surface area (Å²) in [7, 11) is 0. The lowest BCUT2D eigenvalue weighted by atomic mass is 9.67. The van der Waals surface area contributed by atoms with Crippen LogP contribution in [0, 0.1) is 0 Å². The summed E-state index contributed by atoms with van der Waals surface area (Å²) in [5.41, 5.74) is 4.41. The van der Waals surface area contributed by atoms with E-state index in [2.05, 4.69) is 84.9 Å². The lowest BCUT2D eigenvalue weighted by molar-refractivity contribution is -0.121. The molecule has 6 aromatic carbocycles. The molecule has 170 valence electrons. The van der Waals surface area contributed by atoms with Gasteiger partial charge in [-0.1, -0.05) is 140 Å². The molecular formula is C35H24O. The van der Waals surface area contributed by atoms with Crippen molar-refractivity contribution in [1.82, 2.24) is 0 Å². The highest BCUT2D eigenvalue weighted by atomic mass is 16.1. The van der Waals surface area contributed by atoms with Crippen molar-refractivity contribution in [3.05, 3.63) is 167 Å². The minimum atomic E-state index is -0.915. The average molecular weight is 461 g/mol. The van der Waals surface area contributed by atoms with E-state index in [1.807, 2.05) is 54.6 Å². The standard InChI is InChI=1S/C35H24O/c36-34-31(24-14-4-1-5-15-24)32-29-22-12-10-20-27(29)28-21-11-13-23-30(28)33(32)35(34,25-16-6-2-7-17-25)26-18-8-3-9-19-26/h1-23,31H. The molecule has 1 aliphatic carbocycles. The molecule has 36 heavy (non-hydrogen) atoms. The molecule has 0 aromatic heterocycles. The van der Waals surface area contributed by atoms with Crippen LogP contribution in [0.15, 0.2) is 140 Å². The number of ketones is 1. The summed E-state index contributed by atoms with van der Waals surface area (Å²) < 4.78 is 0. The highest BCUT2D eigenvalue weighted by Gasteiger charge is 2.55. The summed E-state index contributed by atoms with van der Waals surface area (Å²) in [6.45, 7) is 0. The number of Topliss-reactive ketones (excluding diaryl/α,β-unsaturated/α-hetero) is 1. The van der Waals surface area contributed by atoms with Gasteiger partial charge in [0.25, 0.3) is 0 Å². The minimum Gasteiger partial charge on any atom is -0.297 e. The van der Waals surface area contributed by atoms with Gasteiger partial charge in [0.05, 0.1) is 5.92 Å². The Morgan fingerprint density at radius 2 is 0.861 bits per heavy atom. The Bertz CT molecular complexity index is 1690. The van der Waals surface area contributed by atoms with Crippen LogP contribution in [0.5, 0.6) is 0 Å². The lowest BCUT2D eigenvalue weighted by Crippen LogP contribution is -2.36. The number of hydrogen-bond acceptors (Lipinski definition) is 1. The van der Waals surface area contributed by atoms with Gasteiger partial charge in [-0.25, -0.2) is 0 Å². The molecule has 1 unspecified atom stereocenters. The molecular weight excluding hydrogens is 436 g/mol. The van der Waals surface area contributed by atoms with Crippen LogP contribution in [0.25, 0.3) is 21.5 Å². The molecule has 1 nitrogen and oxygen atoms in total. The van der Waals surface area contributed by atoms with E-state index >= 15 is 4.79 Å². The Hall–Kier alpha value is -4.49. The third-order valence-corrected chi connectivity index (χ3v) is 7.82. The van der Waals surface area contributed by atoms with E-state index in [0.29, 0.717) is 0 Å². The second kappa shape index (κ2) is 8.03. The number of rotatable bonds is 3. The van der Waals surface area contributed by atoms with E-state index in [9.17, 15) is 0 Å². The molecule has 0 amide bonds. The van der Waals surface area contributed by atoms with E-state index in [1.54, 1.807) is 0 Å². The zero-order chi connectivity index (χ0) is 24.1. The van der Waals surface area contributed by atoms with E-state index in [-0.39, 0.29) is 11.7 Å². The highest BCUT2D eigenvalue weighted by Crippen LogP contribution is 2.57. The maximum Gasteiger partial charge on any atom is 0.164 e. The van der Waals surface area contributed by atoms with Gasteiger partial charge in [0.15, 0.2) is 5.78 Å². The SMILES string of the molecule is O=C1C(c2ccccc2)c2c(c3ccccc3c3ccccc23)C1(c1ccccc1)c1ccccc1. The van der Waals surface area contributed by atoms with Crippen LogP contribution in [0.1, 0.15) is 33.7 Å². The number of hydrogen-bond donors (Lipinski definition) is 0. The first-order valence-electron chi connectivity index (χ1n) is 12.5. The minimum absolute atomic E-state index is 0.211. The van der Waals surface area contributed by atoms with Crippen molar-refractivity contribution in [3.8, 4) is 0 Å². The number of benzene rings is 6. The molecule has 0 bridgehead atoms. The van der Waals surface area contributed by atoms with Crippen molar-refractivity contribution < 1.29 is 4.79 Å². The van der Waals surface area contributed by atoms with Crippen LogP contribution in [-0.2, 0) is 10.2 Å². The summed E-state index contributed by atoms with van der Waals surface area (Å²) in [4.78, 5) is 15.2. The summed E-state index contributed by atoms with van der Waals surface area (Å²) in [5.74, 6) is -0.154. The highest BCUT2D eigenvalue weighted by molar-refractivity contribution is 6.20. The molecule has 0 fully saturated rings. The van der Waals surface area contributed by atoms with E-state index in [0.717, 1.165) is 38.6 Å². The molecule has 1 aliphatic rings. The monoisotopic (exact) mass is 460 g/mol. The van der Waals surface area contributed by atoms with Gasteiger partial charge in [-0.3, -0.25) is 4.79 Å². The molecule has 1 atom stereocenters. The number of carbonyl (C=O) groups excluding carboxylic acids is 1. The quantitative estimate of drug-likeness (QED) is 0.244. The molecule has 1 heteroatoms. The predicted molar refractivity (Wildman–Crippen MR) is 148 cm³/mol. The van der Waals surface area contributed by atoms with Crippen molar-refractivity contribution in [3.63, 3.8) is 0 Å². The summed E-state index contributed by atoms with van der Waals surface area (Å²) in [6.07, 6.45) is 0. The van der Waals surface area contributed by atoms with Crippen molar-refractivity contribution in [2.24, 2.45) is 0 Å². The second-order valence-corrected chi connectivity index (χ2v) is 9.57. The van der Waals surface area contributed by atoms with Gasteiger partial charge < -0.3 is 0 Å². The first kappa shape index (κ1) is 20.8. The van der Waals surface area contributed by atoms with E-state index in [4.69, 9.17) is 0 Å². The zero-order valence-corrected chi connectivity index (χ0v) is 19.8. The third kappa shape index (κ3) is 2.74. The molecule has 7 rings (SSSR count). The van der Waals surface area contributed by atoms with E-state index < -0.39 is 5.41 Å². The molecule has 0 spiro atoms. The van der Waals surface area contributed by atoms with Crippen LogP contribution in [0.4, 0.5) is 0 Å². The summed E-state index contributed by atoms with van der Waals surface area (Å²) in [6, 6.07) is 48.1. The fourth-order valence-electron chi connectivity index (χ4n) is 6.42. The van der Waals surface area contributed by atoms with Gasteiger partial charge in [0.1, 0.15) is 5.41 Å². The van der Waals surface area contributed by atoms with Gasteiger partial charge in [-0.15, -0.1) is 0 Å². The molecule has 0 saturated carbocycles. The van der Waals surface area contributed by atoms with Gasteiger partial charge in [-0.2, -0.15) is 0 Å². The van der Waals surface area contributed by atoms with Gasteiger partial charge >= 0.3 is 0 Å².